The number of esters is 1. The molecule has 0 aliphatic carbocycles. The van der Waals surface area contributed by atoms with Crippen molar-refractivity contribution in [1.82, 2.24) is 14.7 Å². The van der Waals surface area contributed by atoms with E-state index in [-0.39, 0.29) is 23.0 Å². The van der Waals surface area contributed by atoms with E-state index in [2.05, 4.69) is 5.10 Å². The number of piperidine rings is 1. The maximum absolute atomic E-state index is 13.5. The predicted octanol–water partition coefficient (Wildman–Crippen LogP) is 1.49. The van der Waals surface area contributed by atoms with Crippen LogP contribution < -0.4 is 5.43 Å². The fourth-order valence-electron chi connectivity index (χ4n) is 3.22. The van der Waals surface area contributed by atoms with Gasteiger partial charge < -0.3 is 9.64 Å². The summed E-state index contributed by atoms with van der Waals surface area (Å²) in [5.74, 6) is -1.54. The number of ether oxygens (including phenoxy) is 1. The summed E-state index contributed by atoms with van der Waals surface area (Å²) in [6.45, 7) is 2.76. The fraction of sp³-hybridized carbons (Fsp3) is 0.444. The Kier molecular flexibility index (Phi) is 5.01. The van der Waals surface area contributed by atoms with E-state index in [0.717, 1.165) is 6.07 Å². The van der Waals surface area contributed by atoms with Gasteiger partial charge in [-0.15, -0.1) is 0 Å². The number of likely N-dealkylation sites (tertiary alicyclic amines) is 1. The van der Waals surface area contributed by atoms with Gasteiger partial charge in [0, 0.05) is 20.1 Å². The van der Waals surface area contributed by atoms with Crippen molar-refractivity contribution in [1.29, 1.82) is 0 Å². The zero-order valence-corrected chi connectivity index (χ0v) is 14.7. The SMILES string of the molecule is CCOC(=O)C1CCN(C(=O)c2nn(C)c3ccc(F)cc3c2=O)CC1. The van der Waals surface area contributed by atoms with Crippen LogP contribution in [-0.4, -0.2) is 46.3 Å². The molecule has 8 heteroatoms. The monoisotopic (exact) mass is 361 g/mol. The number of hydrogen-bond donors (Lipinski definition) is 0. The Hall–Kier alpha value is -2.77. The molecule has 1 aliphatic rings. The minimum atomic E-state index is -0.588. The molecule has 7 nitrogen and oxygen atoms in total. The van der Waals surface area contributed by atoms with Crippen LogP contribution in [0.5, 0.6) is 0 Å². The Bertz CT molecular complexity index is 917. The smallest absolute Gasteiger partial charge is 0.309 e. The summed E-state index contributed by atoms with van der Waals surface area (Å²) in [5, 5.41) is 4.21. The first-order valence-corrected chi connectivity index (χ1v) is 8.54. The number of benzene rings is 1. The maximum Gasteiger partial charge on any atom is 0.309 e. The number of aromatic nitrogens is 2. The molecule has 1 amide bonds. The number of amides is 1. The third-order valence-corrected chi connectivity index (χ3v) is 4.62. The number of fused-ring (bicyclic) bond motifs is 1. The molecule has 3 rings (SSSR count). The highest BCUT2D eigenvalue weighted by Crippen LogP contribution is 2.20. The van der Waals surface area contributed by atoms with Crippen molar-refractivity contribution < 1.29 is 18.7 Å². The Balaban J connectivity index is 1.84. The zero-order chi connectivity index (χ0) is 18.8. The van der Waals surface area contributed by atoms with Crippen LogP contribution in [0.25, 0.3) is 10.9 Å². The maximum atomic E-state index is 13.5. The summed E-state index contributed by atoms with van der Waals surface area (Å²) in [7, 11) is 1.60. The van der Waals surface area contributed by atoms with Crippen molar-refractivity contribution in [3.05, 3.63) is 39.9 Å². The Morgan fingerprint density at radius 2 is 2.00 bits per heavy atom. The Morgan fingerprint density at radius 1 is 1.31 bits per heavy atom. The van der Waals surface area contributed by atoms with Crippen molar-refractivity contribution in [2.45, 2.75) is 19.8 Å². The van der Waals surface area contributed by atoms with Crippen LogP contribution in [0.1, 0.15) is 30.3 Å². The normalized spacial score (nSPS) is 15.3. The van der Waals surface area contributed by atoms with Crippen LogP contribution in [0.4, 0.5) is 4.39 Å². The number of rotatable bonds is 3. The van der Waals surface area contributed by atoms with Crippen molar-refractivity contribution in [2.24, 2.45) is 13.0 Å². The summed E-state index contributed by atoms with van der Waals surface area (Å²) < 4.78 is 19.9. The van der Waals surface area contributed by atoms with Gasteiger partial charge in [-0.25, -0.2) is 4.39 Å². The molecule has 0 radical (unpaired) electrons. The molecule has 1 aromatic carbocycles. The van der Waals surface area contributed by atoms with E-state index in [1.807, 2.05) is 0 Å². The van der Waals surface area contributed by atoms with E-state index < -0.39 is 17.2 Å². The van der Waals surface area contributed by atoms with Gasteiger partial charge in [0.15, 0.2) is 5.69 Å². The predicted molar refractivity (Wildman–Crippen MR) is 92.2 cm³/mol. The molecule has 2 aromatic rings. The Morgan fingerprint density at radius 3 is 2.65 bits per heavy atom. The van der Waals surface area contributed by atoms with Crippen molar-refractivity contribution in [2.75, 3.05) is 19.7 Å². The highest BCUT2D eigenvalue weighted by molar-refractivity contribution is 5.95. The van der Waals surface area contributed by atoms with Crippen LogP contribution >= 0.6 is 0 Å². The summed E-state index contributed by atoms with van der Waals surface area (Å²) in [6, 6.07) is 3.81. The molecule has 0 N–H and O–H groups in total. The molecule has 0 bridgehead atoms. The average Bonchev–Trinajstić information content (AvgIpc) is 2.64. The molecule has 2 heterocycles. The summed E-state index contributed by atoms with van der Waals surface area (Å²) in [5.41, 5.74) is -0.371. The van der Waals surface area contributed by atoms with E-state index in [0.29, 0.717) is 38.1 Å². The number of hydrogen-bond acceptors (Lipinski definition) is 5. The summed E-state index contributed by atoms with van der Waals surface area (Å²) in [6.07, 6.45) is 0.959. The van der Waals surface area contributed by atoms with E-state index >= 15 is 0 Å². The lowest BCUT2D eigenvalue weighted by molar-refractivity contribution is -0.149. The molecule has 1 saturated heterocycles. The molecule has 0 saturated carbocycles. The first-order valence-electron chi connectivity index (χ1n) is 8.54. The highest BCUT2D eigenvalue weighted by Gasteiger charge is 2.30. The number of halogens is 1. The second-order valence-corrected chi connectivity index (χ2v) is 6.28. The van der Waals surface area contributed by atoms with Crippen molar-refractivity contribution in [3.8, 4) is 0 Å². The largest absolute Gasteiger partial charge is 0.466 e. The van der Waals surface area contributed by atoms with Crippen LogP contribution in [-0.2, 0) is 16.6 Å². The van der Waals surface area contributed by atoms with Gasteiger partial charge in [0.1, 0.15) is 5.82 Å². The van der Waals surface area contributed by atoms with Crippen LogP contribution in [0.15, 0.2) is 23.0 Å². The molecule has 0 unspecified atom stereocenters. The second-order valence-electron chi connectivity index (χ2n) is 6.28. The average molecular weight is 361 g/mol. The van der Waals surface area contributed by atoms with Gasteiger partial charge in [-0.05, 0) is 38.0 Å². The third kappa shape index (κ3) is 3.31. The standard InChI is InChI=1S/C18H20FN3O4/c1-3-26-18(25)11-6-8-22(9-7-11)17(24)15-16(23)13-10-12(19)4-5-14(13)21(2)20-15/h4-5,10-11H,3,6-9H2,1-2H3. The van der Waals surface area contributed by atoms with Gasteiger partial charge in [0.25, 0.3) is 5.91 Å². The van der Waals surface area contributed by atoms with Gasteiger partial charge in [-0.2, -0.15) is 5.10 Å². The second kappa shape index (κ2) is 7.23. The van der Waals surface area contributed by atoms with E-state index in [4.69, 9.17) is 4.74 Å². The molecular weight excluding hydrogens is 341 g/mol. The Labute approximate surface area is 149 Å². The number of nitrogens with zero attached hydrogens (tertiary/aromatic N) is 3. The van der Waals surface area contributed by atoms with Gasteiger partial charge >= 0.3 is 5.97 Å². The lowest BCUT2D eigenvalue weighted by atomic mass is 9.97. The van der Waals surface area contributed by atoms with Gasteiger partial charge in [0.2, 0.25) is 5.43 Å². The molecule has 1 fully saturated rings. The molecule has 0 atom stereocenters. The minimum Gasteiger partial charge on any atom is -0.466 e. The van der Waals surface area contributed by atoms with Crippen molar-refractivity contribution >= 4 is 22.8 Å². The van der Waals surface area contributed by atoms with Gasteiger partial charge in [0.05, 0.1) is 23.4 Å². The topological polar surface area (TPSA) is 81.5 Å². The summed E-state index contributed by atoms with van der Waals surface area (Å²) >= 11 is 0. The van der Waals surface area contributed by atoms with E-state index in [1.165, 1.54) is 21.7 Å². The molecule has 138 valence electrons. The zero-order valence-electron chi connectivity index (χ0n) is 14.7. The molecule has 1 aliphatic heterocycles. The third-order valence-electron chi connectivity index (χ3n) is 4.62. The first-order chi connectivity index (χ1) is 12.4. The van der Waals surface area contributed by atoms with Gasteiger partial charge in [-0.3, -0.25) is 19.1 Å². The minimum absolute atomic E-state index is 0.118. The van der Waals surface area contributed by atoms with Crippen LogP contribution in [0, 0.1) is 11.7 Å². The summed E-state index contributed by atoms with van der Waals surface area (Å²) in [4.78, 5) is 38.7. The van der Waals surface area contributed by atoms with Gasteiger partial charge in [-0.1, -0.05) is 0 Å². The quantitative estimate of drug-likeness (QED) is 0.774. The molecular formula is C18H20FN3O4. The van der Waals surface area contributed by atoms with E-state index in [9.17, 15) is 18.8 Å². The number of carbonyl (C=O) groups excluding carboxylic acids is 2. The molecule has 0 spiro atoms. The van der Waals surface area contributed by atoms with Crippen LogP contribution in [0.3, 0.4) is 0 Å². The lowest BCUT2D eigenvalue weighted by Crippen LogP contribution is -2.43. The lowest BCUT2D eigenvalue weighted by Gasteiger charge is -2.30. The molecule has 1 aromatic heterocycles. The van der Waals surface area contributed by atoms with E-state index in [1.54, 1.807) is 14.0 Å². The fourth-order valence-corrected chi connectivity index (χ4v) is 3.22. The number of aryl methyl sites for hydroxylation is 1. The van der Waals surface area contributed by atoms with Crippen molar-refractivity contribution in [3.63, 3.8) is 0 Å². The van der Waals surface area contributed by atoms with Crippen LogP contribution in [0.2, 0.25) is 0 Å². The number of carbonyl (C=O) groups is 2. The molecule has 26 heavy (non-hydrogen) atoms. The first kappa shape index (κ1) is 18.0. The highest BCUT2D eigenvalue weighted by atomic mass is 19.1.